The van der Waals surface area contributed by atoms with Crippen molar-refractivity contribution in [3.05, 3.63) is 49.1 Å². The quantitative estimate of drug-likeness (QED) is 0.782. The topological polar surface area (TPSA) is 59.0 Å². The highest BCUT2D eigenvalue weighted by Crippen LogP contribution is 2.04. The molecule has 2 N–H and O–H groups in total. The maximum atomic E-state index is 11.6. The maximum Gasteiger partial charge on any atom is 0.319 e. The molecule has 2 amide bonds. The van der Waals surface area contributed by atoms with Crippen molar-refractivity contribution in [3.63, 3.8) is 0 Å². The van der Waals surface area contributed by atoms with Crippen LogP contribution in [0.15, 0.2) is 49.1 Å². The van der Waals surface area contributed by atoms with Crippen LogP contribution in [-0.2, 0) is 6.54 Å². The summed E-state index contributed by atoms with van der Waals surface area (Å²) in [6.45, 7) is 1.61. The minimum atomic E-state index is -0.158. The van der Waals surface area contributed by atoms with Crippen molar-refractivity contribution < 1.29 is 4.79 Å². The predicted octanol–water partition coefficient (Wildman–Crippen LogP) is 2.49. The average molecular weight is 258 g/mol. The number of para-hydroxylation sites is 1. The number of urea groups is 1. The Hall–Kier alpha value is -2.30. The summed E-state index contributed by atoms with van der Waals surface area (Å²) in [4.78, 5) is 15.5. The van der Waals surface area contributed by atoms with Gasteiger partial charge >= 0.3 is 6.03 Å². The number of amides is 2. The first-order chi connectivity index (χ1) is 9.34. The zero-order chi connectivity index (χ0) is 13.3. The minimum absolute atomic E-state index is 0.158. The number of rotatable bonds is 6. The van der Waals surface area contributed by atoms with E-state index in [1.807, 2.05) is 41.1 Å². The Morgan fingerprint density at radius 3 is 2.79 bits per heavy atom. The van der Waals surface area contributed by atoms with Gasteiger partial charge in [0.1, 0.15) is 0 Å². The van der Waals surface area contributed by atoms with Crippen LogP contribution >= 0.6 is 0 Å². The molecular formula is C14H18N4O. The molecule has 0 unspecified atom stereocenters. The van der Waals surface area contributed by atoms with Gasteiger partial charge in [0.05, 0.1) is 6.33 Å². The second-order valence-corrected chi connectivity index (χ2v) is 4.25. The first kappa shape index (κ1) is 13.1. The normalized spacial score (nSPS) is 10.1. The lowest BCUT2D eigenvalue weighted by molar-refractivity contribution is 0.252. The molecule has 1 aromatic heterocycles. The van der Waals surface area contributed by atoms with E-state index in [1.165, 1.54) is 0 Å². The molecule has 0 aliphatic heterocycles. The van der Waals surface area contributed by atoms with Gasteiger partial charge in [0.2, 0.25) is 0 Å². The van der Waals surface area contributed by atoms with Crippen LogP contribution in [0.4, 0.5) is 10.5 Å². The van der Waals surface area contributed by atoms with Crippen LogP contribution in [0.5, 0.6) is 0 Å². The van der Waals surface area contributed by atoms with E-state index in [-0.39, 0.29) is 6.03 Å². The number of carbonyl (C=O) groups is 1. The Morgan fingerprint density at radius 1 is 1.21 bits per heavy atom. The van der Waals surface area contributed by atoms with E-state index in [4.69, 9.17) is 0 Å². The van der Waals surface area contributed by atoms with Gasteiger partial charge in [-0.05, 0) is 25.0 Å². The largest absolute Gasteiger partial charge is 0.338 e. The summed E-state index contributed by atoms with van der Waals surface area (Å²) < 4.78 is 2.03. The second-order valence-electron chi connectivity index (χ2n) is 4.25. The molecular weight excluding hydrogens is 240 g/mol. The third kappa shape index (κ3) is 4.83. The van der Waals surface area contributed by atoms with Gasteiger partial charge in [-0.15, -0.1) is 0 Å². The Kier molecular flexibility index (Phi) is 4.98. The molecule has 0 fully saturated rings. The molecule has 0 bridgehead atoms. The molecule has 5 nitrogen and oxygen atoms in total. The molecule has 0 saturated carbocycles. The van der Waals surface area contributed by atoms with Crippen molar-refractivity contribution in [2.24, 2.45) is 0 Å². The number of anilines is 1. The molecule has 0 aliphatic carbocycles. The minimum Gasteiger partial charge on any atom is -0.338 e. The van der Waals surface area contributed by atoms with E-state index in [2.05, 4.69) is 15.6 Å². The van der Waals surface area contributed by atoms with Crippen LogP contribution in [0, 0.1) is 0 Å². The van der Waals surface area contributed by atoms with Gasteiger partial charge in [-0.1, -0.05) is 18.2 Å². The Labute approximate surface area is 112 Å². The standard InChI is InChI=1S/C14H18N4O/c19-14(17-13-6-2-1-3-7-13)16-8-4-5-10-18-11-9-15-12-18/h1-3,6-7,9,11-12H,4-5,8,10H2,(H2,16,17,19). The fraction of sp³-hybridized carbons (Fsp3) is 0.286. The van der Waals surface area contributed by atoms with Gasteiger partial charge in [0, 0.05) is 31.2 Å². The summed E-state index contributed by atoms with van der Waals surface area (Å²) in [7, 11) is 0. The Bertz CT molecular complexity index is 481. The Morgan fingerprint density at radius 2 is 2.05 bits per heavy atom. The van der Waals surface area contributed by atoms with E-state index in [9.17, 15) is 4.79 Å². The number of imidazole rings is 1. The molecule has 19 heavy (non-hydrogen) atoms. The lowest BCUT2D eigenvalue weighted by Gasteiger charge is -2.07. The highest BCUT2D eigenvalue weighted by molar-refractivity contribution is 5.89. The molecule has 100 valence electrons. The van der Waals surface area contributed by atoms with E-state index < -0.39 is 0 Å². The number of nitrogens with zero attached hydrogens (tertiary/aromatic N) is 2. The Balaban J connectivity index is 1.57. The number of hydrogen-bond donors (Lipinski definition) is 2. The molecule has 0 spiro atoms. The van der Waals surface area contributed by atoms with Crippen molar-refractivity contribution in [2.45, 2.75) is 19.4 Å². The maximum absolute atomic E-state index is 11.6. The number of unbranched alkanes of at least 4 members (excludes halogenated alkanes) is 1. The smallest absolute Gasteiger partial charge is 0.319 e. The van der Waals surface area contributed by atoms with E-state index in [0.717, 1.165) is 25.1 Å². The molecule has 1 heterocycles. The summed E-state index contributed by atoms with van der Waals surface area (Å²) in [6, 6.07) is 9.26. The third-order valence-corrected chi connectivity index (χ3v) is 2.72. The lowest BCUT2D eigenvalue weighted by Crippen LogP contribution is -2.29. The number of aromatic nitrogens is 2. The zero-order valence-corrected chi connectivity index (χ0v) is 10.7. The van der Waals surface area contributed by atoms with Gasteiger partial charge in [-0.3, -0.25) is 0 Å². The SMILES string of the molecule is O=C(NCCCCn1ccnc1)Nc1ccccc1. The van der Waals surface area contributed by atoms with Crippen LogP contribution < -0.4 is 10.6 Å². The molecule has 2 rings (SSSR count). The number of aryl methyl sites for hydroxylation is 1. The van der Waals surface area contributed by atoms with Gasteiger partial charge < -0.3 is 15.2 Å². The van der Waals surface area contributed by atoms with E-state index >= 15 is 0 Å². The summed E-state index contributed by atoms with van der Waals surface area (Å²) in [5, 5.41) is 5.62. The first-order valence-electron chi connectivity index (χ1n) is 6.40. The van der Waals surface area contributed by atoms with Crippen LogP contribution in [0.25, 0.3) is 0 Å². The highest BCUT2D eigenvalue weighted by Gasteiger charge is 1.99. The lowest BCUT2D eigenvalue weighted by atomic mass is 10.3. The fourth-order valence-electron chi connectivity index (χ4n) is 1.74. The average Bonchev–Trinajstić information content (AvgIpc) is 2.92. The monoisotopic (exact) mass is 258 g/mol. The van der Waals surface area contributed by atoms with Crippen LogP contribution in [0.1, 0.15) is 12.8 Å². The van der Waals surface area contributed by atoms with Crippen molar-refractivity contribution >= 4 is 11.7 Å². The third-order valence-electron chi connectivity index (χ3n) is 2.72. The highest BCUT2D eigenvalue weighted by atomic mass is 16.2. The molecule has 0 saturated heterocycles. The van der Waals surface area contributed by atoms with Gasteiger partial charge in [0.15, 0.2) is 0 Å². The summed E-state index contributed by atoms with van der Waals surface area (Å²) in [5.74, 6) is 0. The number of carbonyl (C=O) groups excluding carboxylic acids is 1. The summed E-state index contributed by atoms with van der Waals surface area (Å²) >= 11 is 0. The van der Waals surface area contributed by atoms with E-state index in [0.29, 0.717) is 6.54 Å². The summed E-state index contributed by atoms with van der Waals surface area (Å²) in [5.41, 5.74) is 0.804. The van der Waals surface area contributed by atoms with Crippen molar-refractivity contribution in [2.75, 3.05) is 11.9 Å². The van der Waals surface area contributed by atoms with Gasteiger partial charge in [0.25, 0.3) is 0 Å². The summed E-state index contributed by atoms with van der Waals surface area (Å²) in [6.07, 6.45) is 7.47. The van der Waals surface area contributed by atoms with Crippen LogP contribution in [-0.4, -0.2) is 22.1 Å². The van der Waals surface area contributed by atoms with Crippen LogP contribution in [0.2, 0.25) is 0 Å². The van der Waals surface area contributed by atoms with Crippen molar-refractivity contribution in [3.8, 4) is 0 Å². The van der Waals surface area contributed by atoms with Crippen molar-refractivity contribution in [1.82, 2.24) is 14.9 Å². The number of hydrogen-bond acceptors (Lipinski definition) is 2. The second kappa shape index (κ2) is 7.20. The van der Waals surface area contributed by atoms with Gasteiger partial charge in [-0.2, -0.15) is 0 Å². The molecule has 2 aromatic rings. The molecule has 0 atom stereocenters. The van der Waals surface area contributed by atoms with Gasteiger partial charge in [-0.25, -0.2) is 9.78 Å². The number of nitrogens with one attached hydrogen (secondary N) is 2. The fourth-order valence-corrected chi connectivity index (χ4v) is 1.74. The van der Waals surface area contributed by atoms with E-state index in [1.54, 1.807) is 12.5 Å². The zero-order valence-electron chi connectivity index (χ0n) is 10.7. The van der Waals surface area contributed by atoms with Crippen LogP contribution in [0.3, 0.4) is 0 Å². The van der Waals surface area contributed by atoms with Crippen molar-refractivity contribution in [1.29, 1.82) is 0 Å². The molecule has 0 radical (unpaired) electrons. The first-order valence-corrected chi connectivity index (χ1v) is 6.40. The number of benzene rings is 1. The molecule has 1 aromatic carbocycles. The predicted molar refractivity (Wildman–Crippen MR) is 74.9 cm³/mol. The molecule has 0 aliphatic rings. The molecule has 5 heteroatoms.